The van der Waals surface area contributed by atoms with Gasteiger partial charge in [-0.15, -0.1) is 0 Å². The standard InChI is InChI=1S/2C21H21F4NO6S/c2*1-20(2,21(23,24)25)32-19(28)10-13-3-8-18-17(9-13)26(15(11-27)12-31-18)33(29,30)16-6-4-14(22)5-7-16/h2*3-9,15,27H,10-12H2,1-2H3/t2*15-/m10/s1. The van der Waals surface area contributed by atoms with E-state index in [2.05, 4.69) is 9.47 Å². The van der Waals surface area contributed by atoms with Crippen LogP contribution in [0.3, 0.4) is 0 Å². The summed E-state index contributed by atoms with van der Waals surface area (Å²) in [4.78, 5) is 23.8. The zero-order chi connectivity index (χ0) is 49.2. The SMILES string of the molecule is CC(C)(OC(=O)Cc1ccc2c(c1)N(S(=O)(=O)c1ccc(F)cc1)[C@@H](CO)CO2)C(F)(F)F.CC(C)(OC(=O)Cc1ccc2c(c1)N(S(=O)(=O)c1ccc(F)cc1)[C@H](CO)CO2)C(F)(F)F. The van der Waals surface area contributed by atoms with E-state index < -0.39 is 105 Å². The minimum absolute atomic E-state index is 0.0231. The second kappa shape index (κ2) is 19.2. The van der Waals surface area contributed by atoms with E-state index in [4.69, 9.17) is 9.47 Å². The highest BCUT2D eigenvalue weighted by molar-refractivity contribution is 7.93. The van der Waals surface area contributed by atoms with Gasteiger partial charge in [0.2, 0.25) is 11.2 Å². The van der Waals surface area contributed by atoms with Gasteiger partial charge in [-0.25, -0.2) is 25.6 Å². The van der Waals surface area contributed by atoms with Crippen LogP contribution in [0.1, 0.15) is 38.8 Å². The van der Waals surface area contributed by atoms with Gasteiger partial charge in [0.15, 0.2) is 0 Å². The molecule has 0 radical (unpaired) electrons. The van der Waals surface area contributed by atoms with E-state index in [0.717, 1.165) is 57.1 Å². The van der Waals surface area contributed by atoms with Crippen LogP contribution in [0, 0.1) is 11.6 Å². The van der Waals surface area contributed by atoms with Crippen LogP contribution in [-0.4, -0.2) is 101 Å². The number of aliphatic hydroxyl groups excluding tert-OH is 2. The molecule has 0 bridgehead atoms. The largest absolute Gasteiger partial charge is 0.489 e. The van der Waals surface area contributed by atoms with Crippen molar-refractivity contribution in [2.45, 2.75) is 86.0 Å². The van der Waals surface area contributed by atoms with Crippen LogP contribution in [0.15, 0.2) is 94.7 Å². The van der Waals surface area contributed by atoms with Crippen LogP contribution in [0.2, 0.25) is 0 Å². The van der Waals surface area contributed by atoms with E-state index in [1.807, 2.05) is 0 Å². The third-order valence-electron chi connectivity index (χ3n) is 10.0. The van der Waals surface area contributed by atoms with Crippen molar-refractivity contribution < 1.29 is 90.7 Å². The molecule has 360 valence electrons. The number of fused-ring (bicyclic) bond motifs is 2. The van der Waals surface area contributed by atoms with Gasteiger partial charge in [0.1, 0.15) is 48.4 Å². The third-order valence-corrected chi connectivity index (χ3v) is 13.8. The number of anilines is 2. The maximum absolute atomic E-state index is 13.3. The fourth-order valence-corrected chi connectivity index (χ4v) is 9.53. The number of alkyl halides is 6. The van der Waals surface area contributed by atoms with Crippen LogP contribution >= 0.6 is 0 Å². The Morgan fingerprint density at radius 1 is 0.591 bits per heavy atom. The number of hydrogen-bond donors (Lipinski definition) is 2. The van der Waals surface area contributed by atoms with Gasteiger partial charge in [-0.1, -0.05) is 12.1 Å². The Labute approximate surface area is 373 Å². The quantitative estimate of drug-likeness (QED) is 0.118. The number of halogens is 8. The maximum Gasteiger partial charge on any atom is 0.427 e. The predicted octanol–water partition coefficient (Wildman–Crippen LogP) is 6.40. The van der Waals surface area contributed by atoms with Gasteiger partial charge in [-0.2, -0.15) is 26.3 Å². The Bertz CT molecular complexity index is 2450. The van der Waals surface area contributed by atoms with Gasteiger partial charge < -0.3 is 29.2 Å². The molecule has 66 heavy (non-hydrogen) atoms. The second-order valence-electron chi connectivity index (χ2n) is 15.7. The van der Waals surface area contributed by atoms with Gasteiger partial charge >= 0.3 is 24.3 Å². The van der Waals surface area contributed by atoms with E-state index in [0.29, 0.717) is 27.7 Å². The minimum atomic E-state index is -4.78. The fraction of sp³-hybridized carbons (Fsp3) is 0.381. The first-order valence-corrected chi connectivity index (χ1v) is 22.3. The Morgan fingerprint density at radius 2 is 0.909 bits per heavy atom. The molecule has 0 amide bonds. The number of aliphatic hydroxyl groups is 2. The van der Waals surface area contributed by atoms with Crippen LogP contribution in [0.4, 0.5) is 46.5 Å². The molecule has 2 atom stereocenters. The van der Waals surface area contributed by atoms with Gasteiger partial charge in [-0.05, 0) is 112 Å². The van der Waals surface area contributed by atoms with Gasteiger partial charge in [0.25, 0.3) is 20.0 Å². The molecular weight excluding hydrogens is 941 g/mol. The lowest BCUT2D eigenvalue weighted by Gasteiger charge is -2.37. The fourth-order valence-electron chi connectivity index (χ4n) is 6.27. The zero-order valence-electron chi connectivity index (χ0n) is 35.2. The number of nitrogens with zero attached hydrogens (tertiary/aromatic N) is 2. The predicted molar refractivity (Wildman–Crippen MR) is 218 cm³/mol. The third kappa shape index (κ3) is 11.3. The molecule has 2 aliphatic rings. The number of carbonyl (C=O) groups excluding carboxylic acids is 2. The summed E-state index contributed by atoms with van der Waals surface area (Å²) in [5.74, 6) is -3.37. The van der Waals surface area contributed by atoms with E-state index in [-0.39, 0.29) is 57.0 Å². The molecule has 0 aromatic heterocycles. The Balaban J connectivity index is 0.000000247. The molecular formula is C42H42F8N2O12S2. The lowest BCUT2D eigenvalue weighted by Crippen LogP contribution is -2.48. The molecule has 2 heterocycles. The molecule has 14 nitrogen and oxygen atoms in total. The number of carbonyl (C=O) groups is 2. The van der Waals surface area contributed by atoms with Crippen molar-refractivity contribution >= 4 is 43.4 Å². The maximum atomic E-state index is 13.3. The van der Waals surface area contributed by atoms with E-state index in [1.54, 1.807) is 0 Å². The Morgan fingerprint density at radius 3 is 1.20 bits per heavy atom. The summed E-state index contributed by atoms with van der Waals surface area (Å²) in [7, 11) is -8.57. The first-order valence-electron chi connectivity index (χ1n) is 19.4. The Hall–Kier alpha value is -5.72. The molecule has 0 unspecified atom stereocenters. The Kier molecular flexibility index (Phi) is 15.0. The topological polar surface area (TPSA) is 186 Å². The van der Waals surface area contributed by atoms with Crippen molar-refractivity contribution in [3.05, 3.63) is 108 Å². The van der Waals surface area contributed by atoms with Crippen molar-refractivity contribution in [3.8, 4) is 11.5 Å². The average molecular weight is 983 g/mol. The lowest BCUT2D eigenvalue weighted by molar-refractivity contribution is -0.257. The molecule has 0 fully saturated rings. The molecule has 4 aromatic carbocycles. The van der Waals surface area contributed by atoms with Crippen LogP contribution in [0.5, 0.6) is 11.5 Å². The zero-order valence-corrected chi connectivity index (χ0v) is 36.8. The van der Waals surface area contributed by atoms with Crippen LogP contribution < -0.4 is 18.1 Å². The van der Waals surface area contributed by atoms with E-state index in [1.165, 1.54) is 36.4 Å². The number of sulfonamides is 2. The second-order valence-corrected chi connectivity index (χ2v) is 19.4. The number of rotatable bonds is 12. The molecule has 0 saturated carbocycles. The molecule has 24 heteroatoms. The van der Waals surface area contributed by atoms with E-state index in [9.17, 15) is 71.8 Å². The summed E-state index contributed by atoms with van der Waals surface area (Å²) in [6.45, 7) is 1.31. The van der Waals surface area contributed by atoms with E-state index >= 15 is 0 Å². The van der Waals surface area contributed by atoms with Crippen LogP contribution in [-0.2, 0) is 52.0 Å². The highest BCUT2D eigenvalue weighted by atomic mass is 32.2. The molecule has 0 spiro atoms. The smallest absolute Gasteiger partial charge is 0.427 e. The molecule has 2 N–H and O–H groups in total. The number of hydrogen-bond acceptors (Lipinski definition) is 12. The molecule has 6 rings (SSSR count). The van der Waals surface area contributed by atoms with Crippen LogP contribution in [0.25, 0.3) is 0 Å². The van der Waals surface area contributed by atoms with Gasteiger partial charge in [0, 0.05) is 0 Å². The summed E-state index contributed by atoms with van der Waals surface area (Å²) < 4.78 is 180. The lowest BCUT2D eigenvalue weighted by atomic mass is 10.1. The first kappa shape index (κ1) is 51.3. The average Bonchev–Trinajstić information content (AvgIpc) is 3.21. The van der Waals surface area contributed by atoms with Crippen molar-refractivity contribution in [2.75, 3.05) is 35.0 Å². The normalized spacial score (nSPS) is 16.7. The van der Waals surface area contributed by atoms with Gasteiger partial charge in [-0.3, -0.25) is 18.2 Å². The summed E-state index contributed by atoms with van der Waals surface area (Å²) in [5, 5.41) is 19.5. The number of ether oxygens (including phenoxy) is 4. The summed E-state index contributed by atoms with van der Waals surface area (Å²) in [5.41, 5.74) is -5.13. The molecule has 4 aromatic rings. The van der Waals surface area contributed by atoms with Crippen molar-refractivity contribution in [2.24, 2.45) is 0 Å². The minimum Gasteiger partial charge on any atom is -0.489 e. The van der Waals surface area contributed by atoms with Gasteiger partial charge in [0.05, 0.1) is 47.2 Å². The first-order chi connectivity index (χ1) is 30.5. The molecule has 0 saturated heterocycles. The monoisotopic (exact) mass is 982 g/mol. The molecule has 0 aliphatic carbocycles. The molecule has 2 aliphatic heterocycles. The number of benzene rings is 4. The highest BCUT2D eigenvalue weighted by Gasteiger charge is 2.52. The van der Waals surface area contributed by atoms with Crippen molar-refractivity contribution in [1.82, 2.24) is 0 Å². The van der Waals surface area contributed by atoms with Crippen molar-refractivity contribution in [3.63, 3.8) is 0 Å². The summed E-state index contributed by atoms with van der Waals surface area (Å²) >= 11 is 0. The summed E-state index contributed by atoms with van der Waals surface area (Å²) in [6.07, 6.45) is -10.7. The van der Waals surface area contributed by atoms with Crippen molar-refractivity contribution in [1.29, 1.82) is 0 Å². The number of esters is 2. The summed E-state index contributed by atoms with van der Waals surface area (Å²) in [6, 6.07) is 14.1. The highest BCUT2D eigenvalue weighted by Crippen LogP contribution is 2.41.